The molecule has 0 atom stereocenters. The maximum absolute atomic E-state index is 12.3. The topological polar surface area (TPSA) is 125 Å². The summed E-state index contributed by atoms with van der Waals surface area (Å²) in [6, 6.07) is 8.11. The van der Waals surface area contributed by atoms with E-state index in [-0.39, 0.29) is 40.0 Å². The molecule has 0 fully saturated rings. The lowest BCUT2D eigenvalue weighted by molar-refractivity contribution is -0.384. The number of Topliss-reactive ketones (excluding diaryl/α,β-unsaturated/α-hetero) is 1. The fourth-order valence-corrected chi connectivity index (χ4v) is 3.21. The zero-order valence-electron chi connectivity index (χ0n) is 13.5. The number of benzene rings is 2. The van der Waals surface area contributed by atoms with Crippen molar-refractivity contribution in [1.29, 1.82) is 0 Å². The van der Waals surface area contributed by atoms with Gasteiger partial charge in [-0.3, -0.25) is 14.9 Å². The first-order chi connectivity index (χ1) is 12.8. The second-order valence-electron chi connectivity index (χ2n) is 5.57. The van der Waals surface area contributed by atoms with Gasteiger partial charge < -0.3 is 15.4 Å². The van der Waals surface area contributed by atoms with E-state index in [0.29, 0.717) is 15.9 Å². The summed E-state index contributed by atoms with van der Waals surface area (Å²) in [6.07, 6.45) is 0. The van der Waals surface area contributed by atoms with Gasteiger partial charge in [-0.1, -0.05) is 23.2 Å². The van der Waals surface area contributed by atoms with E-state index in [1.165, 1.54) is 36.4 Å². The Labute approximate surface area is 161 Å². The van der Waals surface area contributed by atoms with Crippen LogP contribution in [0.4, 0.5) is 11.4 Å². The number of rotatable bonds is 6. The normalized spacial score (nSPS) is 10.7. The molecule has 3 aromatic rings. The predicted molar refractivity (Wildman–Crippen MR) is 101 cm³/mol. The number of hydrogen-bond donors (Lipinski definition) is 3. The second kappa shape index (κ2) is 7.26. The summed E-state index contributed by atoms with van der Waals surface area (Å²) in [4.78, 5) is 36.7. The number of anilines is 1. The number of hydrogen-bond acceptors (Lipinski definition) is 5. The molecule has 27 heavy (non-hydrogen) atoms. The number of carbonyl (C=O) groups excluding carboxylic acids is 1. The van der Waals surface area contributed by atoms with Gasteiger partial charge in [0.25, 0.3) is 5.69 Å². The van der Waals surface area contributed by atoms with Crippen LogP contribution in [0.5, 0.6) is 0 Å². The number of nitrogens with zero attached hydrogens (tertiary/aromatic N) is 1. The molecule has 3 N–H and O–H groups in total. The molecule has 0 amide bonds. The first kappa shape index (κ1) is 18.7. The van der Waals surface area contributed by atoms with E-state index < -0.39 is 10.9 Å². The summed E-state index contributed by atoms with van der Waals surface area (Å²) in [6.45, 7) is -0.232. The number of aromatic amines is 1. The molecule has 8 nitrogen and oxygen atoms in total. The average molecular weight is 408 g/mol. The first-order valence-corrected chi connectivity index (χ1v) is 8.29. The number of aromatic nitrogens is 1. The fraction of sp³-hybridized carbons (Fsp3) is 0.0588. The van der Waals surface area contributed by atoms with Crippen molar-refractivity contribution >= 4 is 57.2 Å². The van der Waals surface area contributed by atoms with Crippen LogP contribution in [0, 0.1) is 10.1 Å². The Bertz CT molecular complexity index is 1080. The van der Waals surface area contributed by atoms with Gasteiger partial charge in [-0.15, -0.1) is 0 Å². The van der Waals surface area contributed by atoms with Crippen LogP contribution >= 0.6 is 23.2 Å². The van der Waals surface area contributed by atoms with Crippen LogP contribution in [0.2, 0.25) is 10.0 Å². The molecular weight excluding hydrogens is 397 g/mol. The van der Waals surface area contributed by atoms with Crippen LogP contribution in [-0.2, 0) is 0 Å². The van der Waals surface area contributed by atoms with Crippen LogP contribution in [-0.4, -0.2) is 33.3 Å². The summed E-state index contributed by atoms with van der Waals surface area (Å²) in [5, 5.41) is 23.8. The van der Waals surface area contributed by atoms with Crippen molar-refractivity contribution in [1.82, 2.24) is 4.98 Å². The zero-order chi connectivity index (χ0) is 19.7. The lowest BCUT2D eigenvalue weighted by Gasteiger charge is -2.07. The molecule has 0 saturated carbocycles. The lowest BCUT2D eigenvalue weighted by Crippen LogP contribution is -2.15. The third kappa shape index (κ3) is 3.71. The van der Waals surface area contributed by atoms with Crippen LogP contribution in [0.1, 0.15) is 20.8 Å². The number of nitro benzene ring substituents is 1. The average Bonchev–Trinajstić information content (AvgIpc) is 2.98. The Hall–Kier alpha value is -3.10. The molecule has 1 aromatic heterocycles. The first-order valence-electron chi connectivity index (χ1n) is 7.53. The minimum Gasteiger partial charge on any atom is -0.477 e. The number of fused-ring (bicyclic) bond motifs is 1. The maximum Gasteiger partial charge on any atom is 0.354 e. The van der Waals surface area contributed by atoms with Crippen molar-refractivity contribution in [3.8, 4) is 0 Å². The molecule has 3 rings (SSSR count). The number of ketones is 1. The predicted octanol–water partition coefficient (Wildman–Crippen LogP) is 4.38. The summed E-state index contributed by atoms with van der Waals surface area (Å²) in [7, 11) is 0. The van der Waals surface area contributed by atoms with Crippen LogP contribution in [0.25, 0.3) is 10.9 Å². The minimum absolute atomic E-state index is 0.132. The van der Waals surface area contributed by atoms with Crippen molar-refractivity contribution in [2.75, 3.05) is 11.9 Å². The smallest absolute Gasteiger partial charge is 0.354 e. The summed E-state index contributed by atoms with van der Waals surface area (Å²) in [5.41, 5.74) is 0.530. The standard InChI is InChI=1S/C17H11Cl2N3O5/c18-9-5-11(19)14-12(6-9)21-16(17(24)25)15(14)20-7-13(23)8-1-3-10(4-2-8)22(26)27/h1-6,20-21H,7H2,(H,24,25). The van der Waals surface area contributed by atoms with Crippen molar-refractivity contribution in [3.63, 3.8) is 0 Å². The number of carboxylic acid groups (broad SMARTS) is 1. The number of aromatic carboxylic acids is 1. The summed E-state index contributed by atoms with van der Waals surface area (Å²) in [5.74, 6) is -1.61. The van der Waals surface area contributed by atoms with Crippen LogP contribution in [0.15, 0.2) is 36.4 Å². The largest absolute Gasteiger partial charge is 0.477 e. The second-order valence-corrected chi connectivity index (χ2v) is 6.41. The number of nitro groups is 1. The molecule has 0 bridgehead atoms. The molecule has 0 unspecified atom stereocenters. The van der Waals surface area contributed by atoms with Crippen LogP contribution in [0.3, 0.4) is 0 Å². The lowest BCUT2D eigenvalue weighted by atomic mass is 10.1. The molecule has 0 spiro atoms. The Morgan fingerprint density at radius 1 is 1.19 bits per heavy atom. The number of carbonyl (C=O) groups is 2. The van der Waals surface area contributed by atoms with E-state index >= 15 is 0 Å². The monoisotopic (exact) mass is 407 g/mol. The van der Waals surface area contributed by atoms with E-state index in [4.69, 9.17) is 23.2 Å². The zero-order valence-corrected chi connectivity index (χ0v) is 15.0. The third-order valence-electron chi connectivity index (χ3n) is 3.85. The Morgan fingerprint density at radius 2 is 1.85 bits per heavy atom. The highest BCUT2D eigenvalue weighted by atomic mass is 35.5. The number of non-ortho nitro benzene ring substituents is 1. The van der Waals surface area contributed by atoms with E-state index in [9.17, 15) is 24.8 Å². The molecule has 0 aliphatic heterocycles. The van der Waals surface area contributed by atoms with E-state index in [2.05, 4.69) is 10.3 Å². The minimum atomic E-state index is -1.23. The number of halogens is 2. The summed E-state index contributed by atoms with van der Waals surface area (Å²) < 4.78 is 0. The van der Waals surface area contributed by atoms with E-state index in [1.54, 1.807) is 0 Å². The number of nitrogens with one attached hydrogen (secondary N) is 2. The molecule has 1 heterocycles. The number of H-pyrrole nitrogens is 1. The van der Waals surface area contributed by atoms with Gasteiger partial charge >= 0.3 is 5.97 Å². The molecule has 0 aliphatic rings. The van der Waals surface area contributed by atoms with Gasteiger partial charge in [0.15, 0.2) is 5.78 Å². The van der Waals surface area contributed by atoms with Gasteiger partial charge in [0, 0.05) is 28.1 Å². The quantitative estimate of drug-likeness (QED) is 0.316. The summed E-state index contributed by atoms with van der Waals surface area (Å²) >= 11 is 12.1. The number of carboxylic acids is 1. The molecule has 0 aliphatic carbocycles. The van der Waals surface area contributed by atoms with Gasteiger partial charge in [-0.2, -0.15) is 0 Å². The molecule has 2 aromatic carbocycles. The van der Waals surface area contributed by atoms with Crippen molar-refractivity contribution in [2.24, 2.45) is 0 Å². The SMILES string of the molecule is O=C(CNc1c(C(=O)O)[nH]c2cc(Cl)cc(Cl)c12)c1ccc([N+](=O)[O-])cc1. The van der Waals surface area contributed by atoms with E-state index in [0.717, 1.165) is 0 Å². The molecule has 0 radical (unpaired) electrons. The Morgan fingerprint density at radius 3 is 2.44 bits per heavy atom. The third-order valence-corrected chi connectivity index (χ3v) is 4.37. The highest BCUT2D eigenvalue weighted by Gasteiger charge is 2.20. The van der Waals surface area contributed by atoms with E-state index in [1.807, 2.05) is 0 Å². The highest BCUT2D eigenvalue weighted by Crippen LogP contribution is 2.36. The highest BCUT2D eigenvalue weighted by molar-refractivity contribution is 6.40. The molecular formula is C17H11Cl2N3O5. The Balaban J connectivity index is 1.90. The van der Waals surface area contributed by atoms with Gasteiger partial charge in [0.2, 0.25) is 0 Å². The van der Waals surface area contributed by atoms with Crippen molar-refractivity contribution in [3.05, 3.63) is 67.8 Å². The maximum atomic E-state index is 12.3. The van der Waals surface area contributed by atoms with Gasteiger partial charge in [-0.25, -0.2) is 4.79 Å². The molecule has 138 valence electrons. The fourth-order valence-electron chi connectivity index (χ4n) is 2.63. The van der Waals surface area contributed by atoms with Crippen LogP contribution < -0.4 is 5.32 Å². The van der Waals surface area contributed by atoms with Gasteiger partial charge in [0.05, 0.1) is 27.7 Å². The molecule has 10 heteroatoms. The van der Waals surface area contributed by atoms with Crippen molar-refractivity contribution in [2.45, 2.75) is 0 Å². The molecule has 0 saturated heterocycles. The Kier molecular flexibility index (Phi) is 5.02. The van der Waals surface area contributed by atoms with Crippen molar-refractivity contribution < 1.29 is 19.6 Å². The van der Waals surface area contributed by atoms with Gasteiger partial charge in [-0.05, 0) is 24.3 Å². The van der Waals surface area contributed by atoms with Gasteiger partial charge in [0.1, 0.15) is 5.69 Å².